The number of nitrogens with two attached hydrogens (primary N) is 1. The maximum Gasteiger partial charge on any atom is 0.226 e. The van der Waals surface area contributed by atoms with Crippen molar-refractivity contribution in [2.45, 2.75) is 13.5 Å². The summed E-state index contributed by atoms with van der Waals surface area (Å²) in [6.45, 7) is 4.43. The molecule has 1 fully saturated rings. The summed E-state index contributed by atoms with van der Waals surface area (Å²) in [4.78, 5) is 12.5. The van der Waals surface area contributed by atoms with Crippen LogP contribution in [0, 0.1) is 5.41 Å². The van der Waals surface area contributed by atoms with E-state index in [9.17, 15) is 0 Å². The first-order chi connectivity index (χ1) is 8.61. The third-order valence-electron chi connectivity index (χ3n) is 3.03. The second-order valence-corrected chi connectivity index (χ2v) is 5.17. The Balaban J connectivity index is 2.05. The second kappa shape index (κ2) is 4.04. The number of anilines is 1. The van der Waals surface area contributed by atoms with Gasteiger partial charge in [0.05, 0.1) is 19.5 Å². The Morgan fingerprint density at radius 3 is 2.94 bits per heavy atom. The predicted molar refractivity (Wildman–Crippen MR) is 67.1 cm³/mol. The van der Waals surface area contributed by atoms with Gasteiger partial charge in [0.15, 0.2) is 17.0 Å². The molecule has 96 valence electrons. The summed E-state index contributed by atoms with van der Waals surface area (Å²) in [7, 11) is 0. The lowest BCUT2D eigenvalue weighted by molar-refractivity contribution is -0.109. The molecule has 7 nitrogen and oxygen atoms in total. The summed E-state index contributed by atoms with van der Waals surface area (Å²) in [6.07, 6.45) is 1.72. The molecule has 0 bridgehead atoms. The van der Waals surface area contributed by atoms with E-state index in [1.54, 1.807) is 6.33 Å². The van der Waals surface area contributed by atoms with E-state index >= 15 is 0 Å². The van der Waals surface area contributed by atoms with Gasteiger partial charge >= 0.3 is 0 Å². The van der Waals surface area contributed by atoms with E-state index in [2.05, 4.69) is 27.3 Å². The predicted octanol–water partition coefficient (Wildman–Crippen LogP) is 0.802. The van der Waals surface area contributed by atoms with Crippen LogP contribution in [-0.4, -0.2) is 32.7 Å². The van der Waals surface area contributed by atoms with Gasteiger partial charge in [-0.25, -0.2) is 10.8 Å². The third kappa shape index (κ3) is 1.80. The van der Waals surface area contributed by atoms with Crippen molar-refractivity contribution in [1.82, 2.24) is 19.5 Å². The van der Waals surface area contributed by atoms with E-state index in [1.807, 2.05) is 4.57 Å². The zero-order valence-corrected chi connectivity index (χ0v) is 10.6. The molecule has 0 saturated carbocycles. The van der Waals surface area contributed by atoms with E-state index in [4.69, 9.17) is 22.2 Å². The van der Waals surface area contributed by atoms with Crippen LogP contribution in [0.4, 0.5) is 5.82 Å². The van der Waals surface area contributed by atoms with Crippen LogP contribution in [0.2, 0.25) is 5.28 Å². The fraction of sp³-hybridized carbons (Fsp3) is 0.500. The average Bonchev–Trinajstić information content (AvgIpc) is 2.69. The molecule has 0 aromatic carbocycles. The topological polar surface area (TPSA) is 90.9 Å². The number of aromatic nitrogens is 4. The number of hydrogen-bond donors (Lipinski definition) is 2. The van der Waals surface area contributed by atoms with Crippen molar-refractivity contribution in [2.24, 2.45) is 11.3 Å². The summed E-state index contributed by atoms with van der Waals surface area (Å²) in [5.74, 6) is 5.82. The molecule has 18 heavy (non-hydrogen) atoms. The van der Waals surface area contributed by atoms with Gasteiger partial charge in [-0.05, 0) is 11.6 Å². The fourth-order valence-electron chi connectivity index (χ4n) is 2.09. The van der Waals surface area contributed by atoms with Crippen molar-refractivity contribution in [3.05, 3.63) is 11.6 Å². The number of halogens is 1. The number of fused-ring (bicyclic) bond motifs is 1. The van der Waals surface area contributed by atoms with Crippen LogP contribution < -0.4 is 11.3 Å². The van der Waals surface area contributed by atoms with Gasteiger partial charge in [-0.2, -0.15) is 9.97 Å². The minimum atomic E-state index is 0.126. The minimum Gasteiger partial charge on any atom is -0.380 e. The molecule has 3 heterocycles. The normalized spacial score (nSPS) is 17.7. The number of hydrogen-bond acceptors (Lipinski definition) is 6. The summed E-state index contributed by atoms with van der Waals surface area (Å²) in [5, 5.41) is 0.146. The highest BCUT2D eigenvalue weighted by Crippen LogP contribution is 2.30. The molecule has 1 saturated heterocycles. The van der Waals surface area contributed by atoms with E-state index in [1.165, 1.54) is 0 Å². The molecule has 1 aliphatic rings. The van der Waals surface area contributed by atoms with Gasteiger partial charge in [-0.1, -0.05) is 6.92 Å². The lowest BCUT2D eigenvalue weighted by Crippen LogP contribution is -2.43. The number of ether oxygens (including phenoxy) is 1. The number of imidazole rings is 1. The first-order valence-corrected chi connectivity index (χ1v) is 5.92. The summed E-state index contributed by atoms with van der Waals surface area (Å²) in [6, 6.07) is 0. The van der Waals surface area contributed by atoms with Crippen molar-refractivity contribution in [3.8, 4) is 0 Å². The zero-order chi connectivity index (χ0) is 12.8. The van der Waals surface area contributed by atoms with Crippen LogP contribution in [0.5, 0.6) is 0 Å². The number of rotatable bonds is 3. The number of nitrogens with one attached hydrogen (secondary N) is 1. The quantitative estimate of drug-likeness (QED) is 0.486. The van der Waals surface area contributed by atoms with E-state index < -0.39 is 0 Å². The van der Waals surface area contributed by atoms with E-state index in [-0.39, 0.29) is 10.7 Å². The Kier molecular flexibility index (Phi) is 2.61. The molecule has 0 radical (unpaired) electrons. The average molecular weight is 269 g/mol. The Bertz CT molecular complexity index is 593. The first-order valence-electron chi connectivity index (χ1n) is 5.54. The maximum atomic E-state index is 5.87. The SMILES string of the molecule is CC1(Cn2cnc3c(NN)nc(Cl)nc32)COC1. The zero-order valence-electron chi connectivity index (χ0n) is 9.85. The molecule has 8 heteroatoms. The van der Waals surface area contributed by atoms with Gasteiger partial charge in [-0.3, -0.25) is 0 Å². The Morgan fingerprint density at radius 1 is 1.56 bits per heavy atom. The number of hydrazine groups is 1. The van der Waals surface area contributed by atoms with Gasteiger partial charge in [0.1, 0.15) is 0 Å². The lowest BCUT2D eigenvalue weighted by atomic mass is 9.89. The van der Waals surface area contributed by atoms with Crippen LogP contribution in [0.3, 0.4) is 0 Å². The van der Waals surface area contributed by atoms with E-state index in [0.29, 0.717) is 17.0 Å². The molecule has 2 aromatic rings. The molecule has 0 atom stereocenters. The van der Waals surface area contributed by atoms with Gasteiger partial charge < -0.3 is 14.7 Å². The number of nitrogens with zero attached hydrogens (tertiary/aromatic N) is 4. The molecular formula is C10H13ClN6O. The summed E-state index contributed by atoms with van der Waals surface area (Å²) < 4.78 is 7.19. The van der Waals surface area contributed by atoms with Gasteiger partial charge in [0, 0.05) is 12.0 Å². The molecule has 1 aliphatic heterocycles. The maximum absolute atomic E-state index is 5.87. The molecule has 2 aromatic heterocycles. The van der Waals surface area contributed by atoms with Crippen LogP contribution in [0.1, 0.15) is 6.92 Å². The largest absolute Gasteiger partial charge is 0.380 e. The van der Waals surface area contributed by atoms with Crippen LogP contribution in [0.15, 0.2) is 6.33 Å². The highest BCUT2D eigenvalue weighted by atomic mass is 35.5. The molecule has 3 N–H and O–H groups in total. The molecule has 0 unspecified atom stereocenters. The Labute approximate surface area is 108 Å². The van der Waals surface area contributed by atoms with Gasteiger partial charge in [-0.15, -0.1) is 0 Å². The summed E-state index contributed by atoms with van der Waals surface area (Å²) in [5.41, 5.74) is 3.90. The van der Waals surface area contributed by atoms with Crippen molar-refractivity contribution >= 4 is 28.6 Å². The highest BCUT2D eigenvalue weighted by molar-refractivity contribution is 6.28. The van der Waals surface area contributed by atoms with Crippen LogP contribution in [0.25, 0.3) is 11.2 Å². The third-order valence-corrected chi connectivity index (χ3v) is 3.20. The first kappa shape index (κ1) is 11.6. The standard InChI is InChI=1S/C10H13ClN6O/c1-10(3-18-4-10)2-17-5-13-6-7(16-12)14-9(11)15-8(6)17/h5H,2-4,12H2,1H3,(H,14,15,16). The Hall–Kier alpha value is -1.44. The van der Waals surface area contributed by atoms with Crippen molar-refractivity contribution in [3.63, 3.8) is 0 Å². The molecule has 0 spiro atoms. The van der Waals surface area contributed by atoms with Crippen molar-refractivity contribution in [2.75, 3.05) is 18.6 Å². The van der Waals surface area contributed by atoms with Gasteiger partial charge in [0.25, 0.3) is 0 Å². The van der Waals surface area contributed by atoms with Gasteiger partial charge in [0.2, 0.25) is 5.28 Å². The monoisotopic (exact) mass is 268 g/mol. The molecule has 0 aliphatic carbocycles. The Morgan fingerprint density at radius 2 is 2.33 bits per heavy atom. The fourth-order valence-corrected chi connectivity index (χ4v) is 2.25. The molecule has 3 rings (SSSR count). The number of nitrogen functional groups attached to an aromatic ring is 1. The lowest BCUT2D eigenvalue weighted by Gasteiger charge is -2.38. The van der Waals surface area contributed by atoms with Crippen LogP contribution in [-0.2, 0) is 11.3 Å². The second-order valence-electron chi connectivity index (χ2n) is 4.83. The minimum absolute atomic E-state index is 0.126. The smallest absolute Gasteiger partial charge is 0.226 e. The molecule has 0 amide bonds. The van der Waals surface area contributed by atoms with Crippen molar-refractivity contribution in [1.29, 1.82) is 0 Å². The summed E-state index contributed by atoms with van der Waals surface area (Å²) >= 11 is 5.87. The molecular weight excluding hydrogens is 256 g/mol. The highest BCUT2D eigenvalue weighted by Gasteiger charge is 2.34. The van der Waals surface area contributed by atoms with E-state index in [0.717, 1.165) is 19.8 Å². The van der Waals surface area contributed by atoms with Crippen LogP contribution >= 0.6 is 11.6 Å². The van der Waals surface area contributed by atoms with Crippen molar-refractivity contribution < 1.29 is 4.74 Å².